The van der Waals surface area contributed by atoms with E-state index in [9.17, 15) is 49.8 Å². The molecule has 0 aromatic rings. The Morgan fingerprint density at radius 1 is 0.517 bits per heavy atom. The molecule has 20 nitrogen and oxygen atoms in total. The van der Waals surface area contributed by atoms with E-state index >= 15 is 0 Å². The summed E-state index contributed by atoms with van der Waals surface area (Å²) >= 11 is 0. The van der Waals surface area contributed by atoms with Crippen molar-refractivity contribution in [3.63, 3.8) is 0 Å². The number of amides is 2. The normalized spacial score (nSPS) is 42.9. The van der Waals surface area contributed by atoms with Gasteiger partial charge >= 0.3 is 0 Å². The lowest BCUT2D eigenvalue weighted by Crippen LogP contribution is -2.70. The quantitative estimate of drug-likeness (QED) is 0.104. The van der Waals surface area contributed by atoms with Crippen LogP contribution in [0, 0.1) is 5.41 Å². The molecule has 0 bridgehead atoms. The number of ether oxygens (including phenoxy) is 8. The highest BCUT2D eigenvalue weighted by Crippen LogP contribution is 2.39. The Labute approximate surface area is 350 Å². The second-order valence-electron chi connectivity index (χ2n) is 18.3. The molecule has 4 aliphatic heterocycles. The molecule has 20 unspecified atom stereocenters. The lowest BCUT2D eigenvalue weighted by atomic mass is 9.78. The van der Waals surface area contributed by atoms with E-state index in [0.717, 1.165) is 13.8 Å². The third kappa shape index (κ3) is 11.4. The topological polar surface area (TPSA) is 288 Å². The van der Waals surface area contributed by atoms with Crippen LogP contribution < -0.4 is 10.6 Å². The Bertz CT molecular complexity index is 1490. The van der Waals surface area contributed by atoms with E-state index in [2.05, 4.69) is 10.6 Å². The van der Waals surface area contributed by atoms with Crippen molar-refractivity contribution >= 4 is 23.4 Å². The van der Waals surface area contributed by atoms with Gasteiger partial charge in [0.2, 0.25) is 11.8 Å². The van der Waals surface area contributed by atoms with Crippen molar-refractivity contribution < 1.29 is 87.7 Å². The first-order chi connectivity index (χ1) is 27.7. The maximum absolute atomic E-state index is 13.3. The fourth-order valence-corrected chi connectivity index (χ4v) is 8.22. The van der Waals surface area contributed by atoms with Gasteiger partial charge < -0.3 is 79.2 Å². The fourth-order valence-electron chi connectivity index (χ4n) is 8.22. The first kappa shape index (κ1) is 50.4. The van der Waals surface area contributed by atoms with Crippen LogP contribution in [0.4, 0.5) is 0 Å². The molecule has 60 heavy (non-hydrogen) atoms. The molecule has 4 rings (SSSR count). The van der Waals surface area contributed by atoms with Crippen molar-refractivity contribution in [3.05, 3.63) is 0 Å². The highest BCUT2D eigenvalue weighted by molar-refractivity contribution is 5.82. The number of ketones is 2. The van der Waals surface area contributed by atoms with Crippen LogP contribution in [-0.4, -0.2) is 182 Å². The summed E-state index contributed by atoms with van der Waals surface area (Å²) in [6.45, 7) is 18.9. The van der Waals surface area contributed by atoms with Crippen LogP contribution in [0.25, 0.3) is 0 Å². The van der Waals surface area contributed by atoms with Gasteiger partial charge in [0.05, 0.1) is 30.0 Å². The van der Waals surface area contributed by atoms with Crippen LogP contribution in [0.2, 0.25) is 0 Å². The van der Waals surface area contributed by atoms with Crippen LogP contribution in [-0.2, 0) is 57.1 Å². The van der Waals surface area contributed by atoms with Crippen molar-refractivity contribution in [2.75, 3.05) is 0 Å². The maximum atomic E-state index is 13.3. The lowest BCUT2D eigenvalue weighted by Gasteiger charge is -2.52. The third-order valence-corrected chi connectivity index (χ3v) is 11.0. The minimum absolute atomic E-state index is 0.123. The summed E-state index contributed by atoms with van der Waals surface area (Å²) in [5, 5.41) is 73.9. The summed E-state index contributed by atoms with van der Waals surface area (Å²) < 4.78 is 48.6. The number of aliphatic hydroxyl groups is 6. The largest absolute Gasteiger partial charge is 0.388 e. The highest BCUT2D eigenvalue weighted by atomic mass is 16.8. The third-order valence-electron chi connectivity index (χ3n) is 11.0. The molecule has 0 aliphatic carbocycles. The van der Waals surface area contributed by atoms with Gasteiger partial charge in [0.15, 0.2) is 30.4 Å². The molecule has 346 valence electrons. The van der Waals surface area contributed by atoms with Crippen LogP contribution in [0.1, 0.15) is 95.9 Å². The van der Waals surface area contributed by atoms with Crippen LogP contribution in [0.3, 0.4) is 0 Å². The zero-order valence-electron chi connectivity index (χ0n) is 36.5. The SMILES string of the molecule is CCC1OC(OC2C(C(C)=O)OC(OC3C(O)C(CC)OC(C(C)(C)C)C3NC(C)=O)C(O)C2O)C(NC(C)=O)C(OC2OC(C(C)=O)C(OC(C)(C)C)C(O)C2O)C1O. The molecule has 8 N–H and O–H groups in total. The lowest BCUT2D eigenvalue weighted by molar-refractivity contribution is -0.366. The zero-order chi connectivity index (χ0) is 45.3. The number of Topliss-reactive ketones (excluding diaryl/α,β-unsaturated/α-hetero) is 2. The highest BCUT2D eigenvalue weighted by Gasteiger charge is 2.57. The van der Waals surface area contributed by atoms with E-state index in [1.807, 2.05) is 20.8 Å². The number of carbonyl (C=O) groups is 4. The molecule has 4 saturated heterocycles. The van der Waals surface area contributed by atoms with E-state index in [0.29, 0.717) is 6.42 Å². The number of aliphatic hydroxyl groups excluding tert-OH is 6. The zero-order valence-corrected chi connectivity index (χ0v) is 36.5. The second-order valence-corrected chi connectivity index (χ2v) is 18.3. The summed E-state index contributed by atoms with van der Waals surface area (Å²) in [6, 6.07) is -2.44. The molecule has 0 aromatic carbocycles. The van der Waals surface area contributed by atoms with E-state index in [1.165, 1.54) is 13.8 Å². The van der Waals surface area contributed by atoms with Crippen LogP contribution in [0.5, 0.6) is 0 Å². The van der Waals surface area contributed by atoms with E-state index in [-0.39, 0.29) is 6.42 Å². The molecular formula is C40H68N2O18. The standard InChI is InChI=1S/C40H68N2O18/c1-13-19-23(47)31(21(41-17(5)45)35(53-19)39(7,8)9)57-37-27(51)25(49)33(29(55-37)15(3)43)59-36-22(42-18(6)46)32(24(48)20(14-2)54-36)58-38-28(52)26(50)34(60-40(10,11)12)30(56-38)16(4)44/h19-38,47-52H,13-14H2,1-12H3,(H,41,45)(H,42,46). The predicted octanol–water partition coefficient (Wildman–Crippen LogP) is -1.51. The minimum atomic E-state index is -1.95. The van der Waals surface area contributed by atoms with E-state index < -0.39 is 157 Å². The summed E-state index contributed by atoms with van der Waals surface area (Å²) in [5.41, 5.74) is -1.44. The Hall–Kier alpha value is -2.28. The van der Waals surface area contributed by atoms with Crippen molar-refractivity contribution in [1.82, 2.24) is 10.6 Å². The summed E-state index contributed by atoms with van der Waals surface area (Å²) in [5.74, 6) is -2.36. The molecule has 0 radical (unpaired) electrons. The van der Waals surface area contributed by atoms with Gasteiger partial charge in [-0.3, -0.25) is 19.2 Å². The molecule has 2 amide bonds. The van der Waals surface area contributed by atoms with Gasteiger partial charge in [-0.25, -0.2) is 0 Å². The van der Waals surface area contributed by atoms with Gasteiger partial charge in [0.1, 0.15) is 79.3 Å². The number of rotatable bonds is 13. The Morgan fingerprint density at radius 3 is 1.33 bits per heavy atom. The Morgan fingerprint density at radius 2 is 0.917 bits per heavy atom. The average Bonchev–Trinajstić information content (AvgIpc) is 3.12. The second kappa shape index (κ2) is 20.0. The summed E-state index contributed by atoms with van der Waals surface area (Å²) in [6.07, 6.45) is -26.4. The number of nitrogens with one attached hydrogen (secondary N) is 2. The molecule has 4 fully saturated rings. The Kier molecular flexibility index (Phi) is 16.8. The van der Waals surface area contributed by atoms with Gasteiger partial charge in [0.25, 0.3) is 0 Å². The van der Waals surface area contributed by atoms with Gasteiger partial charge in [-0.1, -0.05) is 34.6 Å². The number of hydrogen-bond donors (Lipinski definition) is 8. The van der Waals surface area contributed by atoms with Gasteiger partial charge in [0, 0.05) is 13.8 Å². The average molecular weight is 865 g/mol. The predicted molar refractivity (Wildman–Crippen MR) is 207 cm³/mol. The first-order valence-corrected chi connectivity index (χ1v) is 20.6. The van der Waals surface area contributed by atoms with Gasteiger partial charge in [-0.2, -0.15) is 0 Å². The molecule has 0 aromatic heterocycles. The van der Waals surface area contributed by atoms with E-state index in [1.54, 1.807) is 34.6 Å². The van der Waals surface area contributed by atoms with Crippen molar-refractivity contribution in [3.8, 4) is 0 Å². The van der Waals surface area contributed by atoms with Crippen molar-refractivity contribution in [1.29, 1.82) is 0 Å². The number of hydrogen-bond acceptors (Lipinski definition) is 18. The Balaban J connectivity index is 1.65. The van der Waals surface area contributed by atoms with Crippen molar-refractivity contribution in [2.45, 2.75) is 224 Å². The molecule has 20 atom stereocenters. The molecule has 4 aliphatic rings. The molecular weight excluding hydrogens is 796 g/mol. The molecule has 0 saturated carbocycles. The molecule has 4 heterocycles. The van der Waals surface area contributed by atoms with E-state index in [4.69, 9.17) is 37.9 Å². The minimum Gasteiger partial charge on any atom is -0.388 e. The van der Waals surface area contributed by atoms with Gasteiger partial charge in [-0.05, 0) is 52.9 Å². The van der Waals surface area contributed by atoms with Crippen LogP contribution in [0.15, 0.2) is 0 Å². The monoisotopic (exact) mass is 864 g/mol. The van der Waals surface area contributed by atoms with Gasteiger partial charge in [-0.15, -0.1) is 0 Å². The summed E-state index contributed by atoms with van der Waals surface area (Å²) in [7, 11) is 0. The summed E-state index contributed by atoms with van der Waals surface area (Å²) in [4.78, 5) is 51.1. The maximum Gasteiger partial charge on any atom is 0.217 e. The molecule has 20 heteroatoms. The fraction of sp³-hybridized carbons (Fsp3) is 0.900. The smallest absolute Gasteiger partial charge is 0.217 e. The van der Waals surface area contributed by atoms with Crippen molar-refractivity contribution in [2.24, 2.45) is 5.41 Å². The van der Waals surface area contributed by atoms with Crippen LogP contribution >= 0.6 is 0 Å². The molecule has 0 spiro atoms. The first-order valence-electron chi connectivity index (χ1n) is 20.6. The number of carbonyl (C=O) groups excluding carboxylic acids is 4.